The summed E-state index contributed by atoms with van der Waals surface area (Å²) >= 11 is 0. The Bertz CT molecular complexity index is 296. The molecule has 0 aromatic heterocycles. The average Bonchev–Trinajstić information content (AvgIpc) is 2.19. The fourth-order valence-corrected chi connectivity index (χ4v) is 2.05. The largest absolute Gasteiger partial charge is 0.374 e. The molecule has 0 amide bonds. The van der Waals surface area contributed by atoms with Crippen molar-refractivity contribution in [3.8, 4) is 0 Å². The number of nitrogens with zero attached hydrogens (tertiary/aromatic N) is 1. The number of hydrogen-bond donors (Lipinski definition) is 1. The number of hydrogen-bond acceptors (Lipinski definition) is 2. The summed E-state index contributed by atoms with van der Waals surface area (Å²) in [6.45, 7) is 1.89. The topological polar surface area (TPSA) is 29.3 Å². The van der Waals surface area contributed by atoms with E-state index in [0.717, 1.165) is 13.1 Å². The van der Waals surface area contributed by atoms with Gasteiger partial charge in [0.05, 0.1) is 0 Å². The van der Waals surface area contributed by atoms with E-state index in [-0.39, 0.29) is 0 Å². The highest BCUT2D eigenvalue weighted by Gasteiger charge is 2.20. The molecule has 1 heterocycles. The maximum Gasteiger partial charge on any atom is 0.0399 e. The molecule has 1 unspecified atom stereocenters. The summed E-state index contributed by atoms with van der Waals surface area (Å²) in [7, 11) is 2.14. The molecule has 2 rings (SSSR count). The van der Waals surface area contributed by atoms with E-state index in [4.69, 9.17) is 5.73 Å². The first-order valence-corrected chi connectivity index (χ1v) is 4.83. The van der Waals surface area contributed by atoms with Gasteiger partial charge in [-0.1, -0.05) is 18.2 Å². The van der Waals surface area contributed by atoms with Crippen LogP contribution in [0.3, 0.4) is 0 Å². The van der Waals surface area contributed by atoms with Crippen molar-refractivity contribution in [3.63, 3.8) is 0 Å². The smallest absolute Gasteiger partial charge is 0.0399 e. The molecule has 0 aliphatic carbocycles. The molecule has 0 saturated carbocycles. The van der Waals surface area contributed by atoms with Crippen molar-refractivity contribution < 1.29 is 0 Å². The predicted octanol–water partition coefficient (Wildman–Crippen LogP) is 1.57. The molecule has 2 heteroatoms. The fourth-order valence-electron chi connectivity index (χ4n) is 2.05. The lowest BCUT2D eigenvalue weighted by Crippen LogP contribution is -2.29. The SMILES string of the molecule is CN1CCC(CN)c2ccccc21. The highest BCUT2D eigenvalue weighted by Crippen LogP contribution is 2.33. The molecule has 70 valence electrons. The average molecular weight is 176 g/mol. The molecule has 2 nitrogen and oxygen atoms in total. The van der Waals surface area contributed by atoms with Gasteiger partial charge in [0.2, 0.25) is 0 Å². The highest BCUT2D eigenvalue weighted by atomic mass is 15.1. The molecule has 1 aromatic rings. The van der Waals surface area contributed by atoms with Gasteiger partial charge in [-0.25, -0.2) is 0 Å². The van der Waals surface area contributed by atoms with Gasteiger partial charge in [-0.15, -0.1) is 0 Å². The molecular formula is C11H16N2. The first-order chi connectivity index (χ1) is 6.33. The third-order valence-corrected chi connectivity index (χ3v) is 2.89. The van der Waals surface area contributed by atoms with Crippen molar-refractivity contribution in [1.29, 1.82) is 0 Å². The van der Waals surface area contributed by atoms with Crippen molar-refractivity contribution >= 4 is 5.69 Å². The first-order valence-electron chi connectivity index (χ1n) is 4.83. The van der Waals surface area contributed by atoms with Crippen LogP contribution in [0, 0.1) is 0 Å². The van der Waals surface area contributed by atoms with Crippen molar-refractivity contribution in [3.05, 3.63) is 29.8 Å². The van der Waals surface area contributed by atoms with Gasteiger partial charge in [0.25, 0.3) is 0 Å². The van der Waals surface area contributed by atoms with Gasteiger partial charge in [0.15, 0.2) is 0 Å². The summed E-state index contributed by atoms with van der Waals surface area (Å²) in [6, 6.07) is 8.56. The summed E-state index contributed by atoms with van der Waals surface area (Å²) in [5.74, 6) is 0.562. The van der Waals surface area contributed by atoms with E-state index in [2.05, 4.69) is 36.2 Å². The van der Waals surface area contributed by atoms with Crippen LogP contribution in [0.2, 0.25) is 0 Å². The Labute approximate surface area is 79.4 Å². The fraction of sp³-hybridized carbons (Fsp3) is 0.455. The van der Waals surface area contributed by atoms with Gasteiger partial charge in [-0.3, -0.25) is 0 Å². The zero-order valence-electron chi connectivity index (χ0n) is 8.03. The lowest BCUT2D eigenvalue weighted by Gasteiger charge is -2.32. The minimum Gasteiger partial charge on any atom is -0.374 e. The van der Waals surface area contributed by atoms with Crippen molar-refractivity contribution in [2.24, 2.45) is 5.73 Å². The molecule has 1 aliphatic rings. The van der Waals surface area contributed by atoms with Gasteiger partial charge < -0.3 is 10.6 Å². The van der Waals surface area contributed by atoms with Gasteiger partial charge >= 0.3 is 0 Å². The monoisotopic (exact) mass is 176 g/mol. The molecule has 1 atom stereocenters. The Balaban J connectivity index is 2.42. The maximum atomic E-state index is 5.75. The van der Waals surface area contributed by atoms with Crippen LogP contribution in [0.4, 0.5) is 5.69 Å². The summed E-state index contributed by atoms with van der Waals surface area (Å²) in [5, 5.41) is 0. The summed E-state index contributed by atoms with van der Waals surface area (Å²) in [5.41, 5.74) is 8.51. The Morgan fingerprint density at radius 2 is 2.23 bits per heavy atom. The zero-order valence-corrected chi connectivity index (χ0v) is 8.03. The van der Waals surface area contributed by atoms with Crippen molar-refractivity contribution in [1.82, 2.24) is 0 Å². The van der Waals surface area contributed by atoms with Crippen molar-refractivity contribution in [2.75, 3.05) is 25.0 Å². The molecule has 1 aliphatic heterocycles. The van der Waals surface area contributed by atoms with E-state index in [1.807, 2.05) is 0 Å². The third kappa shape index (κ3) is 1.42. The molecule has 13 heavy (non-hydrogen) atoms. The Hall–Kier alpha value is -1.02. The van der Waals surface area contributed by atoms with Crippen LogP contribution in [0.5, 0.6) is 0 Å². The van der Waals surface area contributed by atoms with E-state index in [0.29, 0.717) is 5.92 Å². The number of nitrogens with two attached hydrogens (primary N) is 1. The van der Waals surface area contributed by atoms with Crippen LogP contribution < -0.4 is 10.6 Å². The van der Waals surface area contributed by atoms with Gasteiger partial charge in [-0.2, -0.15) is 0 Å². The molecule has 0 saturated heterocycles. The molecule has 0 fully saturated rings. The van der Waals surface area contributed by atoms with Gasteiger partial charge in [0, 0.05) is 19.3 Å². The summed E-state index contributed by atoms with van der Waals surface area (Å²) < 4.78 is 0. The number of para-hydroxylation sites is 1. The normalized spacial score (nSPS) is 21.4. The van der Waals surface area contributed by atoms with E-state index in [1.165, 1.54) is 17.7 Å². The van der Waals surface area contributed by atoms with Gasteiger partial charge in [-0.05, 0) is 30.5 Å². The Morgan fingerprint density at radius 1 is 1.46 bits per heavy atom. The van der Waals surface area contributed by atoms with E-state index >= 15 is 0 Å². The van der Waals surface area contributed by atoms with E-state index in [9.17, 15) is 0 Å². The molecule has 0 spiro atoms. The molecule has 2 N–H and O–H groups in total. The Kier molecular flexibility index (Phi) is 2.23. The van der Waals surface area contributed by atoms with E-state index in [1.54, 1.807) is 0 Å². The first kappa shape index (κ1) is 8.57. The van der Waals surface area contributed by atoms with E-state index < -0.39 is 0 Å². The lowest BCUT2D eigenvalue weighted by molar-refractivity contribution is 0.601. The third-order valence-electron chi connectivity index (χ3n) is 2.89. The minimum atomic E-state index is 0.562. The number of rotatable bonds is 1. The summed E-state index contributed by atoms with van der Waals surface area (Å²) in [4.78, 5) is 2.31. The van der Waals surface area contributed by atoms with Gasteiger partial charge in [0.1, 0.15) is 0 Å². The van der Waals surface area contributed by atoms with Crippen molar-refractivity contribution in [2.45, 2.75) is 12.3 Å². The molecule has 0 bridgehead atoms. The second-order valence-electron chi connectivity index (χ2n) is 3.70. The highest BCUT2D eigenvalue weighted by molar-refractivity contribution is 5.56. The van der Waals surface area contributed by atoms with Crippen LogP contribution >= 0.6 is 0 Å². The van der Waals surface area contributed by atoms with Crippen LogP contribution in [-0.4, -0.2) is 20.1 Å². The number of fused-ring (bicyclic) bond motifs is 1. The molecule has 0 radical (unpaired) electrons. The summed E-state index contributed by atoms with van der Waals surface area (Å²) in [6.07, 6.45) is 1.18. The predicted molar refractivity (Wildman–Crippen MR) is 56.1 cm³/mol. The van der Waals surface area contributed by atoms with Crippen LogP contribution in [0.25, 0.3) is 0 Å². The van der Waals surface area contributed by atoms with Crippen LogP contribution in [-0.2, 0) is 0 Å². The second kappa shape index (κ2) is 3.38. The van der Waals surface area contributed by atoms with Crippen LogP contribution in [0.1, 0.15) is 17.9 Å². The molecular weight excluding hydrogens is 160 g/mol. The maximum absolute atomic E-state index is 5.75. The standard InChI is InChI=1S/C11H16N2/c1-13-7-6-9(8-12)10-4-2-3-5-11(10)13/h2-5,9H,6-8,12H2,1H3. The molecule has 1 aromatic carbocycles. The van der Waals surface area contributed by atoms with Crippen LogP contribution in [0.15, 0.2) is 24.3 Å². The zero-order chi connectivity index (χ0) is 9.26. The quantitative estimate of drug-likeness (QED) is 0.703. The number of anilines is 1. The lowest BCUT2D eigenvalue weighted by atomic mass is 9.90. The minimum absolute atomic E-state index is 0.562. The second-order valence-corrected chi connectivity index (χ2v) is 3.70. The number of benzene rings is 1. The Morgan fingerprint density at radius 3 is 3.00 bits per heavy atom.